The van der Waals surface area contributed by atoms with E-state index >= 15 is 0 Å². The van der Waals surface area contributed by atoms with Crippen LogP contribution in [0.5, 0.6) is 5.75 Å². The summed E-state index contributed by atoms with van der Waals surface area (Å²) in [5.41, 5.74) is -0.276. The van der Waals surface area contributed by atoms with E-state index in [0.717, 1.165) is 24.5 Å². The molecular weight excluding hydrogens is 230 g/mol. The Kier molecular flexibility index (Phi) is 2.86. The van der Waals surface area contributed by atoms with E-state index in [0.29, 0.717) is 0 Å². The van der Waals surface area contributed by atoms with Crippen molar-refractivity contribution in [1.82, 2.24) is 9.97 Å². The molecule has 17 heavy (non-hydrogen) atoms. The average Bonchev–Trinajstić information content (AvgIpc) is 2.27. The Morgan fingerprint density at radius 3 is 2.47 bits per heavy atom. The predicted molar refractivity (Wildman–Crippen MR) is 56.8 cm³/mol. The molecule has 6 heteroatoms. The average molecular weight is 238 g/mol. The number of aromatic nitrogens is 2. The molecule has 0 fully saturated rings. The number of benzene rings is 1. The molecule has 88 valence electrons. The molecule has 0 aliphatic heterocycles. The summed E-state index contributed by atoms with van der Waals surface area (Å²) in [6.45, 7) is 0. The molecule has 0 unspecified atom stereocenters. The number of rotatable bonds is 2. The number of ether oxygens (including phenoxy) is 1. The molecule has 0 amide bonds. The van der Waals surface area contributed by atoms with Gasteiger partial charge in [0.25, 0.3) is 5.56 Å². The number of hydrogen-bond acceptors (Lipinski definition) is 3. The third-order valence-electron chi connectivity index (χ3n) is 2.15. The van der Waals surface area contributed by atoms with Crippen LogP contribution in [0.2, 0.25) is 0 Å². The highest BCUT2D eigenvalue weighted by molar-refractivity contribution is 5.65. The molecule has 4 nitrogen and oxygen atoms in total. The van der Waals surface area contributed by atoms with Gasteiger partial charge in [-0.3, -0.25) is 4.79 Å². The molecule has 0 saturated heterocycles. The molecule has 1 heterocycles. The van der Waals surface area contributed by atoms with Crippen molar-refractivity contribution in [2.45, 2.75) is 0 Å². The molecule has 0 aliphatic carbocycles. The van der Waals surface area contributed by atoms with E-state index in [1.807, 2.05) is 0 Å². The minimum atomic E-state index is -0.746. The van der Waals surface area contributed by atoms with Crippen LogP contribution in [0.25, 0.3) is 11.3 Å². The zero-order valence-corrected chi connectivity index (χ0v) is 8.83. The van der Waals surface area contributed by atoms with Gasteiger partial charge < -0.3 is 9.72 Å². The van der Waals surface area contributed by atoms with Crippen LogP contribution in [0.15, 0.2) is 29.3 Å². The van der Waals surface area contributed by atoms with Crippen molar-refractivity contribution < 1.29 is 13.5 Å². The van der Waals surface area contributed by atoms with Gasteiger partial charge in [0, 0.05) is 11.6 Å². The van der Waals surface area contributed by atoms with Gasteiger partial charge in [-0.05, 0) is 12.1 Å². The lowest BCUT2D eigenvalue weighted by Gasteiger charge is -2.06. The maximum atomic E-state index is 13.1. The first kappa shape index (κ1) is 11.3. The maximum Gasteiger partial charge on any atom is 0.293 e. The van der Waals surface area contributed by atoms with E-state index in [-0.39, 0.29) is 17.0 Å². The molecule has 0 bridgehead atoms. The molecule has 0 aliphatic rings. The minimum absolute atomic E-state index is 0.0856. The van der Waals surface area contributed by atoms with Gasteiger partial charge in [0.2, 0.25) is 5.75 Å². The van der Waals surface area contributed by atoms with Gasteiger partial charge in [-0.15, -0.1) is 0 Å². The summed E-state index contributed by atoms with van der Waals surface area (Å²) in [6.07, 6.45) is 1.14. The summed E-state index contributed by atoms with van der Waals surface area (Å²) in [6, 6.07) is 2.89. The summed E-state index contributed by atoms with van der Waals surface area (Å²) in [5, 5.41) is 0. The van der Waals surface area contributed by atoms with Gasteiger partial charge in [0.1, 0.15) is 17.3 Å². The second-order valence-corrected chi connectivity index (χ2v) is 3.27. The van der Waals surface area contributed by atoms with E-state index in [9.17, 15) is 13.6 Å². The van der Waals surface area contributed by atoms with Crippen LogP contribution in [-0.2, 0) is 0 Å². The lowest BCUT2D eigenvalue weighted by molar-refractivity contribution is 0.408. The predicted octanol–water partition coefficient (Wildman–Crippen LogP) is 1.72. The van der Waals surface area contributed by atoms with Crippen LogP contribution in [0.4, 0.5) is 8.78 Å². The number of hydrogen-bond donors (Lipinski definition) is 1. The normalized spacial score (nSPS) is 10.3. The van der Waals surface area contributed by atoms with Gasteiger partial charge in [-0.2, -0.15) is 0 Å². The Bertz CT molecular complexity index is 590. The smallest absolute Gasteiger partial charge is 0.293 e. The van der Waals surface area contributed by atoms with E-state index < -0.39 is 17.2 Å². The first-order valence-electron chi connectivity index (χ1n) is 4.70. The third-order valence-corrected chi connectivity index (χ3v) is 2.15. The van der Waals surface area contributed by atoms with Crippen LogP contribution < -0.4 is 10.3 Å². The molecule has 0 spiro atoms. The van der Waals surface area contributed by atoms with Crippen molar-refractivity contribution in [1.29, 1.82) is 0 Å². The zero-order chi connectivity index (χ0) is 12.4. The molecule has 0 atom stereocenters. The fraction of sp³-hybridized carbons (Fsp3) is 0.0909. The second-order valence-electron chi connectivity index (χ2n) is 3.27. The van der Waals surface area contributed by atoms with Gasteiger partial charge in [-0.1, -0.05) is 0 Å². The van der Waals surface area contributed by atoms with Gasteiger partial charge in [0.05, 0.1) is 13.4 Å². The monoisotopic (exact) mass is 238 g/mol. The second kappa shape index (κ2) is 4.32. The quantitative estimate of drug-likeness (QED) is 0.866. The van der Waals surface area contributed by atoms with Crippen molar-refractivity contribution in [3.8, 4) is 17.0 Å². The third kappa shape index (κ3) is 2.15. The number of nitrogens with zero attached hydrogens (tertiary/aromatic N) is 1. The van der Waals surface area contributed by atoms with Gasteiger partial charge in [-0.25, -0.2) is 13.8 Å². The molecule has 1 aromatic heterocycles. The van der Waals surface area contributed by atoms with Crippen molar-refractivity contribution in [2.24, 2.45) is 0 Å². The zero-order valence-electron chi connectivity index (χ0n) is 8.83. The molecule has 0 saturated carbocycles. The van der Waals surface area contributed by atoms with Crippen LogP contribution in [0.3, 0.4) is 0 Å². The summed E-state index contributed by atoms with van der Waals surface area (Å²) in [7, 11) is 1.28. The van der Waals surface area contributed by atoms with Crippen molar-refractivity contribution in [3.05, 3.63) is 46.5 Å². The topological polar surface area (TPSA) is 55.0 Å². The SMILES string of the molecule is COc1c(-c2cc(F)cc(F)c2)nc[nH]c1=O. The first-order chi connectivity index (χ1) is 8.11. The molecule has 2 aromatic rings. The minimum Gasteiger partial charge on any atom is -0.490 e. The Hall–Kier alpha value is -2.24. The van der Waals surface area contributed by atoms with Crippen LogP contribution in [-0.4, -0.2) is 17.1 Å². The first-order valence-corrected chi connectivity index (χ1v) is 4.70. The van der Waals surface area contributed by atoms with E-state index in [4.69, 9.17) is 4.74 Å². The Morgan fingerprint density at radius 2 is 1.88 bits per heavy atom. The molecule has 1 N–H and O–H groups in total. The highest BCUT2D eigenvalue weighted by Gasteiger charge is 2.13. The maximum absolute atomic E-state index is 13.1. The molecule has 2 rings (SSSR count). The van der Waals surface area contributed by atoms with Gasteiger partial charge >= 0.3 is 0 Å². The lowest BCUT2D eigenvalue weighted by atomic mass is 10.1. The molecular formula is C11H8F2N2O2. The lowest BCUT2D eigenvalue weighted by Crippen LogP contribution is -2.11. The van der Waals surface area contributed by atoms with Crippen molar-refractivity contribution in [2.75, 3.05) is 7.11 Å². The molecule has 1 aromatic carbocycles. The Balaban J connectivity index is 2.68. The largest absolute Gasteiger partial charge is 0.490 e. The highest BCUT2D eigenvalue weighted by Crippen LogP contribution is 2.25. The number of nitrogens with one attached hydrogen (secondary N) is 1. The van der Waals surface area contributed by atoms with Gasteiger partial charge in [0.15, 0.2) is 0 Å². The van der Waals surface area contributed by atoms with E-state index in [1.54, 1.807) is 0 Å². The van der Waals surface area contributed by atoms with Crippen LogP contribution in [0, 0.1) is 11.6 Å². The fourth-order valence-electron chi connectivity index (χ4n) is 1.47. The highest BCUT2D eigenvalue weighted by atomic mass is 19.1. The Morgan fingerprint density at radius 1 is 1.24 bits per heavy atom. The fourth-order valence-corrected chi connectivity index (χ4v) is 1.47. The van der Waals surface area contributed by atoms with Crippen LogP contribution >= 0.6 is 0 Å². The Labute approximate surface area is 94.9 Å². The number of methoxy groups -OCH3 is 1. The summed E-state index contributed by atoms with van der Waals surface area (Å²) < 4.78 is 31.0. The molecule has 0 radical (unpaired) electrons. The summed E-state index contributed by atoms with van der Waals surface area (Å²) in [5.74, 6) is -1.58. The van der Waals surface area contributed by atoms with E-state index in [2.05, 4.69) is 9.97 Å². The summed E-state index contributed by atoms with van der Waals surface area (Å²) >= 11 is 0. The number of aromatic amines is 1. The van der Waals surface area contributed by atoms with E-state index in [1.165, 1.54) is 7.11 Å². The van der Waals surface area contributed by atoms with Crippen LogP contribution in [0.1, 0.15) is 0 Å². The number of halogens is 2. The summed E-state index contributed by atoms with van der Waals surface area (Å²) in [4.78, 5) is 17.6. The van der Waals surface area contributed by atoms with Crippen molar-refractivity contribution in [3.63, 3.8) is 0 Å². The number of H-pyrrole nitrogens is 1. The standard InChI is InChI=1S/C11H8F2N2O2/c1-17-10-9(14-5-15-11(10)16)6-2-7(12)4-8(13)3-6/h2-5H,1H3,(H,14,15,16). The van der Waals surface area contributed by atoms with Crippen molar-refractivity contribution >= 4 is 0 Å².